The lowest BCUT2D eigenvalue weighted by Gasteiger charge is -2.30. The van der Waals surface area contributed by atoms with Crippen LogP contribution in [0.25, 0.3) is 0 Å². The van der Waals surface area contributed by atoms with Gasteiger partial charge in [0.2, 0.25) is 0 Å². The van der Waals surface area contributed by atoms with E-state index in [0.717, 1.165) is 19.3 Å². The minimum absolute atomic E-state index is 0.0867. The van der Waals surface area contributed by atoms with Crippen LogP contribution in [0.4, 0.5) is 0 Å². The number of aliphatic hydroxyl groups excluding tert-OH is 1. The zero-order valence-corrected chi connectivity index (χ0v) is 9.22. The van der Waals surface area contributed by atoms with E-state index in [9.17, 15) is 5.11 Å². The van der Waals surface area contributed by atoms with Gasteiger partial charge in [-0.05, 0) is 24.2 Å². The second kappa shape index (κ2) is 4.86. The Morgan fingerprint density at radius 2 is 1.75 bits per heavy atom. The molecule has 0 aliphatic rings. The van der Waals surface area contributed by atoms with Gasteiger partial charge in [0.25, 0.3) is 0 Å². The van der Waals surface area contributed by atoms with Crippen molar-refractivity contribution >= 4 is 0 Å². The number of aliphatic hydroxyl groups is 1. The van der Waals surface area contributed by atoms with Crippen molar-refractivity contribution in [2.24, 2.45) is 11.3 Å². The Balaban J connectivity index is 3.93. The quantitative estimate of drug-likeness (QED) is 0.675. The maximum Gasteiger partial charge on any atom is 0.0593 e. The Morgan fingerprint density at radius 3 is 2.08 bits per heavy atom. The Bertz CT molecular complexity index is 118. The van der Waals surface area contributed by atoms with Gasteiger partial charge in [-0.3, -0.25) is 0 Å². The van der Waals surface area contributed by atoms with Gasteiger partial charge in [-0.2, -0.15) is 0 Å². The van der Waals surface area contributed by atoms with Crippen molar-refractivity contribution in [1.82, 2.24) is 0 Å². The van der Waals surface area contributed by atoms with Gasteiger partial charge >= 0.3 is 0 Å². The predicted octanol–water partition coefficient (Wildman–Crippen LogP) is 3.22. The molecular formula is C11H24O. The highest BCUT2D eigenvalue weighted by atomic mass is 16.3. The molecule has 2 unspecified atom stereocenters. The van der Waals surface area contributed by atoms with E-state index in [1.807, 2.05) is 0 Å². The third kappa shape index (κ3) is 3.57. The topological polar surface area (TPSA) is 20.2 Å². The molecule has 1 nitrogen and oxygen atoms in total. The average Bonchev–Trinajstić information content (AvgIpc) is 2.04. The van der Waals surface area contributed by atoms with Crippen LogP contribution in [-0.2, 0) is 0 Å². The van der Waals surface area contributed by atoms with E-state index in [0.29, 0.717) is 5.92 Å². The first-order chi connectivity index (χ1) is 5.44. The summed E-state index contributed by atoms with van der Waals surface area (Å²) in [5.41, 5.74) is 0.0867. The van der Waals surface area contributed by atoms with Crippen LogP contribution >= 0.6 is 0 Å². The lowest BCUT2D eigenvalue weighted by Crippen LogP contribution is -2.30. The minimum atomic E-state index is -0.141. The molecule has 0 saturated heterocycles. The largest absolute Gasteiger partial charge is 0.393 e. The SMILES string of the molecule is CCC(C)CC(O)C(C)(C)CC. The monoisotopic (exact) mass is 172 g/mol. The van der Waals surface area contributed by atoms with Crippen molar-refractivity contribution in [1.29, 1.82) is 0 Å². The van der Waals surface area contributed by atoms with Gasteiger partial charge in [-0.1, -0.05) is 41.0 Å². The van der Waals surface area contributed by atoms with Gasteiger partial charge in [-0.25, -0.2) is 0 Å². The fourth-order valence-corrected chi connectivity index (χ4v) is 1.10. The van der Waals surface area contributed by atoms with E-state index in [2.05, 4.69) is 34.6 Å². The standard InChI is InChI=1S/C11H24O/c1-6-9(3)8-10(12)11(4,5)7-2/h9-10,12H,6-8H2,1-5H3. The zero-order chi connectivity index (χ0) is 9.78. The van der Waals surface area contributed by atoms with Crippen LogP contribution in [0.1, 0.15) is 53.9 Å². The summed E-state index contributed by atoms with van der Waals surface area (Å²) in [4.78, 5) is 0. The van der Waals surface area contributed by atoms with Gasteiger partial charge < -0.3 is 5.11 Å². The molecule has 0 amide bonds. The van der Waals surface area contributed by atoms with Crippen LogP contribution < -0.4 is 0 Å². The van der Waals surface area contributed by atoms with Crippen molar-refractivity contribution in [2.75, 3.05) is 0 Å². The Morgan fingerprint density at radius 1 is 1.25 bits per heavy atom. The third-order valence-electron chi connectivity index (χ3n) is 3.14. The molecule has 0 rings (SSSR count). The molecule has 0 aromatic heterocycles. The van der Waals surface area contributed by atoms with E-state index in [-0.39, 0.29) is 11.5 Å². The van der Waals surface area contributed by atoms with E-state index < -0.39 is 0 Å². The molecule has 0 radical (unpaired) electrons. The summed E-state index contributed by atoms with van der Waals surface area (Å²) in [7, 11) is 0. The smallest absolute Gasteiger partial charge is 0.0593 e. The van der Waals surface area contributed by atoms with Crippen LogP contribution in [-0.4, -0.2) is 11.2 Å². The predicted molar refractivity (Wildman–Crippen MR) is 54.2 cm³/mol. The molecule has 0 bridgehead atoms. The lowest BCUT2D eigenvalue weighted by atomic mass is 9.79. The molecule has 0 aliphatic heterocycles. The summed E-state index contributed by atoms with van der Waals surface area (Å²) in [5.74, 6) is 0.644. The van der Waals surface area contributed by atoms with Crippen molar-refractivity contribution < 1.29 is 5.11 Å². The Kier molecular flexibility index (Phi) is 4.84. The first-order valence-electron chi connectivity index (χ1n) is 5.12. The van der Waals surface area contributed by atoms with Gasteiger partial charge in [-0.15, -0.1) is 0 Å². The Hall–Kier alpha value is -0.0400. The Labute approximate surface area is 77.2 Å². The van der Waals surface area contributed by atoms with Crippen LogP contribution in [0.15, 0.2) is 0 Å². The summed E-state index contributed by atoms with van der Waals surface area (Å²) >= 11 is 0. The first kappa shape index (κ1) is 12.0. The number of rotatable bonds is 5. The molecular weight excluding hydrogens is 148 g/mol. The summed E-state index contributed by atoms with van der Waals surface area (Å²) in [5, 5.41) is 9.88. The third-order valence-corrected chi connectivity index (χ3v) is 3.14. The fourth-order valence-electron chi connectivity index (χ4n) is 1.10. The summed E-state index contributed by atoms with van der Waals surface area (Å²) in [6.45, 7) is 10.8. The van der Waals surface area contributed by atoms with Crippen molar-refractivity contribution in [2.45, 2.75) is 60.0 Å². The zero-order valence-electron chi connectivity index (χ0n) is 9.22. The highest BCUT2D eigenvalue weighted by molar-refractivity contribution is 4.77. The fraction of sp³-hybridized carbons (Fsp3) is 1.00. The van der Waals surface area contributed by atoms with Crippen molar-refractivity contribution in [3.8, 4) is 0 Å². The minimum Gasteiger partial charge on any atom is -0.393 e. The normalized spacial score (nSPS) is 17.5. The van der Waals surface area contributed by atoms with E-state index in [1.54, 1.807) is 0 Å². The molecule has 74 valence electrons. The molecule has 2 atom stereocenters. The van der Waals surface area contributed by atoms with Crippen LogP contribution in [0.2, 0.25) is 0 Å². The maximum absolute atomic E-state index is 9.88. The van der Waals surface area contributed by atoms with Gasteiger partial charge in [0.1, 0.15) is 0 Å². The highest BCUT2D eigenvalue weighted by Gasteiger charge is 2.26. The van der Waals surface area contributed by atoms with Crippen LogP contribution in [0.5, 0.6) is 0 Å². The summed E-state index contributed by atoms with van der Waals surface area (Å²) < 4.78 is 0. The van der Waals surface area contributed by atoms with Gasteiger partial charge in [0.15, 0.2) is 0 Å². The second-order valence-electron chi connectivity index (χ2n) is 4.61. The molecule has 0 aromatic rings. The summed E-state index contributed by atoms with van der Waals surface area (Å²) in [6, 6.07) is 0. The van der Waals surface area contributed by atoms with E-state index >= 15 is 0 Å². The number of hydrogen-bond acceptors (Lipinski definition) is 1. The van der Waals surface area contributed by atoms with E-state index in [4.69, 9.17) is 0 Å². The molecule has 0 saturated carbocycles. The van der Waals surface area contributed by atoms with E-state index in [1.165, 1.54) is 0 Å². The highest BCUT2D eigenvalue weighted by Crippen LogP contribution is 2.29. The molecule has 12 heavy (non-hydrogen) atoms. The molecule has 0 heterocycles. The molecule has 0 aromatic carbocycles. The lowest BCUT2D eigenvalue weighted by molar-refractivity contribution is 0.0286. The number of hydrogen-bond donors (Lipinski definition) is 1. The molecule has 1 heteroatoms. The van der Waals surface area contributed by atoms with Crippen LogP contribution in [0.3, 0.4) is 0 Å². The first-order valence-corrected chi connectivity index (χ1v) is 5.12. The molecule has 0 fully saturated rings. The molecule has 0 aliphatic carbocycles. The molecule has 0 spiro atoms. The van der Waals surface area contributed by atoms with Crippen molar-refractivity contribution in [3.63, 3.8) is 0 Å². The van der Waals surface area contributed by atoms with Crippen molar-refractivity contribution in [3.05, 3.63) is 0 Å². The van der Waals surface area contributed by atoms with Gasteiger partial charge in [0, 0.05) is 0 Å². The van der Waals surface area contributed by atoms with Gasteiger partial charge in [0.05, 0.1) is 6.10 Å². The molecule has 1 N–H and O–H groups in total. The average molecular weight is 172 g/mol. The second-order valence-corrected chi connectivity index (χ2v) is 4.61. The summed E-state index contributed by atoms with van der Waals surface area (Å²) in [6.07, 6.45) is 3.01. The maximum atomic E-state index is 9.88. The van der Waals surface area contributed by atoms with Crippen LogP contribution in [0, 0.1) is 11.3 Å².